The van der Waals surface area contributed by atoms with Crippen LogP contribution in [-0.4, -0.2) is 31.1 Å². The Morgan fingerprint density at radius 3 is 3.00 bits per heavy atom. The van der Waals surface area contributed by atoms with E-state index < -0.39 is 0 Å². The highest BCUT2D eigenvalue weighted by atomic mass is 32.2. The third kappa shape index (κ3) is 4.02. The summed E-state index contributed by atoms with van der Waals surface area (Å²) in [5.41, 5.74) is 1.50. The number of thioether (sulfide) groups is 1. The van der Waals surface area contributed by atoms with Crippen LogP contribution >= 0.6 is 11.8 Å². The normalized spacial score (nSPS) is 18.6. The fourth-order valence-corrected chi connectivity index (χ4v) is 3.28. The molecule has 0 aromatic heterocycles. The molecule has 1 aromatic rings. The molecule has 0 aliphatic carbocycles. The lowest BCUT2D eigenvalue weighted by molar-refractivity contribution is 0.0810. The van der Waals surface area contributed by atoms with Crippen molar-refractivity contribution in [3.8, 4) is 0 Å². The van der Waals surface area contributed by atoms with Crippen LogP contribution in [0.25, 0.3) is 0 Å². The summed E-state index contributed by atoms with van der Waals surface area (Å²) in [4.78, 5) is 1.46. The lowest BCUT2D eigenvalue weighted by Crippen LogP contribution is -2.28. The molecule has 2 nitrogen and oxygen atoms in total. The Bertz CT molecular complexity index is 329. The second kappa shape index (κ2) is 6.43. The van der Waals surface area contributed by atoms with E-state index in [1.54, 1.807) is 0 Å². The Balaban J connectivity index is 1.63. The van der Waals surface area contributed by atoms with Gasteiger partial charge in [-0.05, 0) is 31.9 Å². The summed E-state index contributed by atoms with van der Waals surface area (Å²) in [6.07, 6.45) is 1.53. The van der Waals surface area contributed by atoms with Gasteiger partial charge in [-0.1, -0.05) is 18.2 Å². The fourth-order valence-electron chi connectivity index (χ4n) is 2.00. The Morgan fingerprint density at radius 1 is 1.41 bits per heavy atom. The number of ether oxygens (including phenoxy) is 1. The van der Waals surface area contributed by atoms with Crippen molar-refractivity contribution in [2.45, 2.75) is 36.5 Å². The number of benzene rings is 1. The molecule has 1 heterocycles. The molecule has 0 spiro atoms. The second-order valence-electron chi connectivity index (χ2n) is 4.68. The molecule has 0 saturated heterocycles. The van der Waals surface area contributed by atoms with Crippen molar-refractivity contribution in [1.29, 1.82) is 0 Å². The van der Waals surface area contributed by atoms with Crippen LogP contribution in [0.1, 0.15) is 19.4 Å². The van der Waals surface area contributed by atoms with E-state index >= 15 is 0 Å². The largest absolute Gasteiger partial charge is 0.377 e. The van der Waals surface area contributed by atoms with Crippen LogP contribution in [0.4, 0.5) is 0 Å². The van der Waals surface area contributed by atoms with Crippen LogP contribution in [0.15, 0.2) is 29.2 Å². The summed E-state index contributed by atoms with van der Waals surface area (Å²) < 4.78 is 5.50. The third-order valence-corrected chi connectivity index (χ3v) is 4.13. The monoisotopic (exact) mass is 251 g/mol. The molecule has 1 aliphatic heterocycles. The van der Waals surface area contributed by atoms with Gasteiger partial charge in [0.2, 0.25) is 0 Å². The third-order valence-electron chi connectivity index (χ3n) is 2.82. The summed E-state index contributed by atoms with van der Waals surface area (Å²) in [6.45, 7) is 6.97. The topological polar surface area (TPSA) is 21.3 Å². The first-order valence-electron chi connectivity index (χ1n) is 6.32. The molecular weight excluding hydrogens is 230 g/mol. The van der Waals surface area contributed by atoms with Crippen molar-refractivity contribution in [2.24, 2.45) is 0 Å². The molecule has 0 saturated carbocycles. The van der Waals surface area contributed by atoms with E-state index in [-0.39, 0.29) is 0 Å². The molecule has 1 aliphatic rings. The molecule has 0 amide bonds. The number of rotatable bonds is 6. The second-order valence-corrected chi connectivity index (χ2v) is 6.02. The molecule has 17 heavy (non-hydrogen) atoms. The van der Waals surface area contributed by atoms with Crippen molar-refractivity contribution in [2.75, 3.05) is 19.7 Å². The molecule has 0 radical (unpaired) electrons. The zero-order chi connectivity index (χ0) is 12.1. The minimum absolute atomic E-state index is 0.335. The minimum Gasteiger partial charge on any atom is -0.377 e. The van der Waals surface area contributed by atoms with Gasteiger partial charge in [0.25, 0.3) is 0 Å². The lowest BCUT2D eigenvalue weighted by Gasteiger charge is -2.11. The van der Waals surface area contributed by atoms with Crippen molar-refractivity contribution >= 4 is 11.8 Å². The average Bonchev–Trinajstić information content (AvgIpc) is 2.70. The Morgan fingerprint density at radius 2 is 2.24 bits per heavy atom. The number of hydrogen-bond donors (Lipinski definition) is 1. The SMILES string of the molecule is CC(C)OCCNCC1Cc2ccccc2S1. The van der Waals surface area contributed by atoms with Gasteiger partial charge in [-0.3, -0.25) is 0 Å². The van der Waals surface area contributed by atoms with Gasteiger partial charge >= 0.3 is 0 Å². The summed E-state index contributed by atoms with van der Waals surface area (Å²) >= 11 is 2.00. The van der Waals surface area contributed by atoms with E-state index in [2.05, 4.69) is 43.4 Å². The van der Waals surface area contributed by atoms with Crippen LogP contribution in [0, 0.1) is 0 Å². The quantitative estimate of drug-likeness (QED) is 0.786. The number of nitrogens with one attached hydrogen (secondary N) is 1. The van der Waals surface area contributed by atoms with Crippen LogP contribution in [0.3, 0.4) is 0 Å². The van der Waals surface area contributed by atoms with Gasteiger partial charge in [-0.2, -0.15) is 0 Å². The molecule has 1 aromatic carbocycles. The Labute approximate surface area is 108 Å². The fraction of sp³-hybridized carbons (Fsp3) is 0.571. The maximum absolute atomic E-state index is 5.50. The zero-order valence-corrected chi connectivity index (χ0v) is 11.4. The molecule has 0 fully saturated rings. The predicted molar refractivity (Wildman–Crippen MR) is 73.7 cm³/mol. The van der Waals surface area contributed by atoms with E-state index in [4.69, 9.17) is 4.74 Å². The predicted octanol–water partition coefficient (Wildman–Crippen LogP) is 2.72. The van der Waals surface area contributed by atoms with Gasteiger partial charge in [0.15, 0.2) is 0 Å². The maximum atomic E-state index is 5.50. The van der Waals surface area contributed by atoms with Gasteiger partial charge < -0.3 is 10.1 Å². The molecule has 0 bridgehead atoms. The highest BCUT2D eigenvalue weighted by molar-refractivity contribution is 8.00. The number of hydrogen-bond acceptors (Lipinski definition) is 3. The van der Waals surface area contributed by atoms with Gasteiger partial charge in [0.1, 0.15) is 0 Å². The smallest absolute Gasteiger partial charge is 0.0594 e. The Kier molecular flexibility index (Phi) is 4.89. The van der Waals surface area contributed by atoms with Crippen LogP contribution in [-0.2, 0) is 11.2 Å². The van der Waals surface area contributed by atoms with Crippen molar-refractivity contribution in [1.82, 2.24) is 5.32 Å². The molecule has 1 N–H and O–H groups in total. The van der Waals surface area contributed by atoms with E-state index in [0.717, 1.165) is 19.7 Å². The van der Waals surface area contributed by atoms with Crippen molar-refractivity contribution in [3.63, 3.8) is 0 Å². The lowest BCUT2D eigenvalue weighted by atomic mass is 10.1. The van der Waals surface area contributed by atoms with E-state index in [1.807, 2.05) is 11.8 Å². The first kappa shape index (κ1) is 12.9. The molecule has 1 atom stereocenters. The van der Waals surface area contributed by atoms with Crippen molar-refractivity contribution in [3.05, 3.63) is 29.8 Å². The summed E-state index contributed by atoms with van der Waals surface area (Å²) in [7, 11) is 0. The molecular formula is C14H21NOS. The maximum Gasteiger partial charge on any atom is 0.0594 e. The van der Waals surface area contributed by atoms with Crippen molar-refractivity contribution < 1.29 is 4.74 Å². The zero-order valence-electron chi connectivity index (χ0n) is 10.6. The summed E-state index contributed by atoms with van der Waals surface area (Å²) in [5, 5.41) is 4.16. The average molecular weight is 251 g/mol. The summed E-state index contributed by atoms with van der Waals surface area (Å²) in [6, 6.07) is 8.72. The van der Waals surface area contributed by atoms with Gasteiger partial charge in [-0.25, -0.2) is 0 Å². The summed E-state index contributed by atoms with van der Waals surface area (Å²) in [5.74, 6) is 0. The van der Waals surface area contributed by atoms with Crippen LogP contribution < -0.4 is 5.32 Å². The first-order chi connectivity index (χ1) is 8.25. The van der Waals surface area contributed by atoms with Gasteiger partial charge in [0.05, 0.1) is 12.7 Å². The van der Waals surface area contributed by atoms with Crippen LogP contribution in [0.5, 0.6) is 0 Å². The van der Waals surface area contributed by atoms with E-state index in [1.165, 1.54) is 16.9 Å². The van der Waals surface area contributed by atoms with E-state index in [9.17, 15) is 0 Å². The number of fused-ring (bicyclic) bond motifs is 1. The first-order valence-corrected chi connectivity index (χ1v) is 7.20. The highest BCUT2D eigenvalue weighted by Crippen LogP contribution is 2.36. The molecule has 94 valence electrons. The van der Waals surface area contributed by atoms with E-state index in [0.29, 0.717) is 11.4 Å². The highest BCUT2D eigenvalue weighted by Gasteiger charge is 2.20. The molecule has 2 rings (SSSR count). The molecule has 1 unspecified atom stereocenters. The van der Waals surface area contributed by atoms with Gasteiger partial charge in [0, 0.05) is 23.2 Å². The van der Waals surface area contributed by atoms with Crippen LogP contribution in [0.2, 0.25) is 0 Å². The standard InChI is InChI=1S/C14H21NOS/c1-11(2)16-8-7-15-10-13-9-12-5-3-4-6-14(12)17-13/h3-6,11,13,15H,7-10H2,1-2H3. The van der Waals surface area contributed by atoms with Gasteiger partial charge in [-0.15, -0.1) is 11.8 Å². The molecule has 3 heteroatoms. The minimum atomic E-state index is 0.335. The Hall–Kier alpha value is -0.510.